The highest BCUT2D eigenvalue weighted by Gasteiger charge is 2.34. The second kappa shape index (κ2) is 12.9. The van der Waals surface area contributed by atoms with E-state index < -0.39 is 6.17 Å². The van der Waals surface area contributed by atoms with Gasteiger partial charge in [0.2, 0.25) is 0 Å². The number of nitrogens with two attached hydrogens (primary N) is 1. The number of nitrogens with zero attached hydrogens (tertiary/aromatic N) is 2. The van der Waals surface area contributed by atoms with Crippen LogP contribution in [0.1, 0.15) is 30.6 Å². The summed E-state index contributed by atoms with van der Waals surface area (Å²) in [5, 5.41) is 16.5. The van der Waals surface area contributed by atoms with E-state index in [9.17, 15) is 5.26 Å². The van der Waals surface area contributed by atoms with Crippen LogP contribution in [0.3, 0.4) is 0 Å². The Balaban J connectivity index is 1.42. The predicted octanol–water partition coefficient (Wildman–Crippen LogP) is 2.82. The lowest BCUT2D eigenvalue weighted by Gasteiger charge is -2.34. The molecule has 3 saturated heterocycles. The van der Waals surface area contributed by atoms with E-state index in [2.05, 4.69) is 51.4 Å². The number of methoxy groups -OCH3 is 1. The van der Waals surface area contributed by atoms with Crippen LogP contribution in [0.4, 0.5) is 5.82 Å². The normalized spacial score (nSPS) is 25.3. The maximum absolute atomic E-state index is 9.63. The Labute approximate surface area is 215 Å². The van der Waals surface area contributed by atoms with Crippen LogP contribution in [0.5, 0.6) is 0 Å². The van der Waals surface area contributed by atoms with Crippen molar-refractivity contribution in [3.05, 3.63) is 53.5 Å². The van der Waals surface area contributed by atoms with Crippen LogP contribution < -0.4 is 16.4 Å². The molecule has 0 aliphatic carbocycles. The number of anilines is 1. The van der Waals surface area contributed by atoms with Crippen molar-refractivity contribution in [2.45, 2.75) is 37.3 Å². The van der Waals surface area contributed by atoms with Gasteiger partial charge < -0.3 is 30.2 Å². The fourth-order valence-corrected chi connectivity index (χ4v) is 7.39. The lowest BCUT2D eigenvalue weighted by Crippen LogP contribution is -2.47. The minimum Gasteiger partial charge on any atom is -0.501 e. The highest BCUT2D eigenvalue weighted by molar-refractivity contribution is 7.59. The lowest BCUT2D eigenvalue weighted by atomic mass is 10.1. The molecular formula is C26H39N6O3P. The summed E-state index contributed by atoms with van der Waals surface area (Å²) in [6.07, 6.45) is 11.0. The first-order chi connectivity index (χ1) is 17.5. The van der Waals surface area contributed by atoms with E-state index >= 15 is 0 Å². The third kappa shape index (κ3) is 6.38. The van der Waals surface area contributed by atoms with Crippen molar-refractivity contribution in [1.29, 1.82) is 5.26 Å². The highest BCUT2D eigenvalue weighted by atomic mass is 31.1. The molecule has 4 rings (SSSR count). The first kappa shape index (κ1) is 26.9. The van der Waals surface area contributed by atoms with Crippen molar-refractivity contribution in [3.63, 3.8) is 0 Å². The minimum absolute atomic E-state index is 0.175. The van der Waals surface area contributed by atoms with Gasteiger partial charge in [0.25, 0.3) is 0 Å². The van der Waals surface area contributed by atoms with Crippen molar-refractivity contribution >= 4 is 13.7 Å². The monoisotopic (exact) mass is 514 g/mol. The van der Waals surface area contributed by atoms with Gasteiger partial charge in [0, 0.05) is 55.0 Å². The Morgan fingerprint density at radius 3 is 2.92 bits per heavy atom. The number of ether oxygens (including phenoxy) is 3. The second-order valence-electron chi connectivity index (χ2n) is 9.49. The molecule has 4 atom stereocenters. The first-order valence-corrected chi connectivity index (χ1v) is 14.4. The first-order valence-electron chi connectivity index (χ1n) is 12.6. The van der Waals surface area contributed by atoms with E-state index in [4.69, 9.17) is 19.9 Å². The number of allylic oxidation sites excluding steroid dienone is 3. The Morgan fingerprint density at radius 1 is 1.44 bits per heavy atom. The van der Waals surface area contributed by atoms with Crippen molar-refractivity contribution in [2.75, 3.05) is 64.4 Å². The molecule has 0 aromatic carbocycles. The van der Waals surface area contributed by atoms with Crippen LogP contribution in [-0.4, -0.2) is 86.7 Å². The number of aromatic amines is 1. The zero-order valence-corrected chi connectivity index (χ0v) is 22.2. The zero-order chi connectivity index (χ0) is 25.5. The average Bonchev–Trinajstić information content (AvgIpc) is 3.61. The Kier molecular flexibility index (Phi) is 9.60. The van der Waals surface area contributed by atoms with Crippen LogP contribution in [0.15, 0.2) is 42.3 Å². The number of hydrogen-bond donors (Lipinski definition) is 4. The highest BCUT2D eigenvalue weighted by Crippen LogP contribution is 2.48. The number of rotatable bonds is 12. The molecule has 5 N–H and O–H groups in total. The van der Waals surface area contributed by atoms with Gasteiger partial charge in [-0.3, -0.25) is 10.2 Å². The van der Waals surface area contributed by atoms with Gasteiger partial charge in [-0.05, 0) is 19.5 Å². The second-order valence-corrected chi connectivity index (χ2v) is 12.0. The van der Waals surface area contributed by atoms with E-state index in [0.717, 1.165) is 61.8 Å². The number of nitrogens with one attached hydrogen (secondary N) is 3. The Hall–Kier alpha value is -2.18. The van der Waals surface area contributed by atoms with Gasteiger partial charge >= 0.3 is 0 Å². The van der Waals surface area contributed by atoms with Crippen LogP contribution in [0.2, 0.25) is 0 Å². The molecule has 3 aliphatic rings. The third-order valence-electron chi connectivity index (χ3n) is 7.24. The fourth-order valence-electron chi connectivity index (χ4n) is 4.79. The van der Waals surface area contributed by atoms with E-state index in [-0.39, 0.29) is 14.0 Å². The molecule has 0 bridgehead atoms. The van der Waals surface area contributed by atoms with Gasteiger partial charge in [-0.15, -0.1) is 6.58 Å². The standard InChI is InChI=1S/C26H39N6O3P/c1-4-23(36-10-8-32(17-36)22-15-35-16-22)6-5-19(18(2)33-3)12-29-26-24(20(11-27)13-30-26)25(28)31-21-7-9-34-14-21/h4-6,13,21-23,25,29-31H,1,7-10,12,14-17,28H2,2-3H3/b6-5-,19-18-. The number of aromatic nitrogens is 1. The molecule has 10 heteroatoms. The van der Waals surface area contributed by atoms with Crippen molar-refractivity contribution in [3.8, 4) is 6.07 Å². The smallest absolute Gasteiger partial charge is 0.111 e. The molecule has 4 unspecified atom stereocenters. The van der Waals surface area contributed by atoms with Crippen LogP contribution in [0.25, 0.3) is 0 Å². The summed E-state index contributed by atoms with van der Waals surface area (Å²) in [4.78, 5) is 5.77. The predicted molar refractivity (Wildman–Crippen MR) is 144 cm³/mol. The summed E-state index contributed by atoms with van der Waals surface area (Å²) < 4.78 is 16.4. The molecule has 36 heavy (non-hydrogen) atoms. The maximum Gasteiger partial charge on any atom is 0.111 e. The molecule has 9 nitrogen and oxygen atoms in total. The van der Waals surface area contributed by atoms with Crippen LogP contribution >= 0.6 is 7.92 Å². The topological polar surface area (TPSA) is 121 Å². The summed E-state index contributed by atoms with van der Waals surface area (Å²) >= 11 is 0. The molecule has 1 aromatic heterocycles. The Morgan fingerprint density at radius 2 is 2.28 bits per heavy atom. The van der Waals surface area contributed by atoms with Gasteiger partial charge in [0.05, 0.1) is 50.5 Å². The number of H-pyrrole nitrogens is 1. The SMILES string of the molecule is C=CC(/C=C\C(CNc1[nH]cc(C#N)c1C(N)NC1CCOC1)=C(/C)OC)P1CCN(C2COC2)C1. The molecule has 1 aromatic rings. The number of nitriles is 1. The Bertz CT molecular complexity index is 992. The molecule has 3 aliphatic heterocycles. The molecule has 4 heterocycles. The van der Waals surface area contributed by atoms with E-state index in [0.29, 0.717) is 30.4 Å². The average molecular weight is 515 g/mol. The summed E-state index contributed by atoms with van der Waals surface area (Å²) in [5.74, 6) is 1.58. The van der Waals surface area contributed by atoms with E-state index in [1.54, 1.807) is 13.3 Å². The summed E-state index contributed by atoms with van der Waals surface area (Å²) in [6, 6.07) is 3.03. The minimum atomic E-state index is -0.481. The van der Waals surface area contributed by atoms with Crippen molar-refractivity contribution < 1.29 is 14.2 Å². The quantitative estimate of drug-likeness (QED) is 0.111. The molecule has 0 amide bonds. The molecule has 3 fully saturated rings. The van der Waals surface area contributed by atoms with Gasteiger partial charge in [0.15, 0.2) is 0 Å². The molecule has 0 saturated carbocycles. The summed E-state index contributed by atoms with van der Waals surface area (Å²) in [6.45, 7) is 10.9. The molecular weight excluding hydrogens is 475 g/mol. The van der Waals surface area contributed by atoms with Crippen molar-refractivity contribution in [2.24, 2.45) is 5.73 Å². The summed E-state index contributed by atoms with van der Waals surface area (Å²) in [5.41, 5.74) is 9.12. The fraction of sp³-hybridized carbons (Fsp3) is 0.577. The van der Waals surface area contributed by atoms with Gasteiger partial charge in [-0.25, -0.2) is 0 Å². The van der Waals surface area contributed by atoms with Gasteiger partial charge in [-0.2, -0.15) is 5.26 Å². The van der Waals surface area contributed by atoms with Crippen molar-refractivity contribution in [1.82, 2.24) is 15.2 Å². The molecule has 0 spiro atoms. The maximum atomic E-state index is 9.63. The number of hydrogen-bond acceptors (Lipinski definition) is 8. The lowest BCUT2D eigenvalue weighted by molar-refractivity contribution is -0.0545. The zero-order valence-electron chi connectivity index (χ0n) is 21.3. The third-order valence-corrected chi connectivity index (χ3v) is 9.97. The largest absolute Gasteiger partial charge is 0.501 e. The van der Waals surface area contributed by atoms with Crippen LogP contribution in [-0.2, 0) is 14.2 Å². The molecule has 196 valence electrons. The molecule has 0 radical (unpaired) electrons. The van der Waals surface area contributed by atoms with Gasteiger partial charge in [-0.1, -0.05) is 26.1 Å². The van der Waals surface area contributed by atoms with E-state index in [1.807, 2.05) is 6.92 Å². The van der Waals surface area contributed by atoms with Gasteiger partial charge in [0.1, 0.15) is 11.9 Å². The van der Waals surface area contributed by atoms with Crippen LogP contribution in [0, 0.1) is 11.3 Å². The summed E-state index contributed by atoms with van der Waals surface area (Å²) in [7, 11) is 1.51. The van der Waals surface area contributed by atoms with E-state index in [1.165, 1.54) is 6.16 Å².